The molecule has 112 valence electrons. The predicted octanol–water partition coefficient (Wildman–Crippen LogP) is 2.11. The molecule has 1 atom stereocenters. The molecule has 2 amide bonds. The van der Waals surface area contributed by atoms with Gasteiger partial charge in [0.1, 0.15) is 0 Å². The van der Waals surface area contributed by atoms with Gasteiger partial charge in [0.15, 0.2) is 6.10 Å². The van der Waals surface area contributed by atoms with E-state index in [1.165, 1.54) is 34.8 Å². The van der Waals surface area contributed by atoms with Crippen LogP contribution in [0.2, 0.25) is 0 Å². The Kier molecular flexibility index (Phi) is 4.05. The lowest BCUT2D eigenvalue weighted by Gasteiger charge is -2.22. The minimum atomic E-state index is -0.854. The van der Waals surface area contributed by atoms with Crippen LogP contribution in [0.25, 0.3) is 0 Å². The second-order valence-electron chi connectivity index (χ2n) is 5.36. The third kappa shape index (κ3) is 3.00. The van der Waals surface area contributed by atoms with E-state index in [0.717, 1.165) is 5.69 Å². The van der Waals surface area contributed by atoms with Crippen molar-refractivity contribution in [2.75, 3.05) is 23.0 Å². The zero-order valence-corrected chi connectivity index (χ0v) is 12.5. The van der Waals surface area contributed by atoms with E-state index in [1.807, 2.05) is 23.9 Å². The number of primary amides is 1. The third-order valence-electron chi connectivity index (χ3n) is 4.03. The second-order valence-corrected chi connectivity index (χ2v) is 6.59. The number of amides is 2. The predicted molar refractivity (Wildman–Crippen MR) is 82.6 cm³/mol. The van der Waals surface area contributed by atoms with Crippen LogP contribution in [-0.4, -0.2) is 36.2 Å². The Morgan fingerprint density at radius 3 is 2.48 bits per heavy atom. The number of nitrogens with two attached hydrogens (primary N) is 1. The summed E-state index contributed by atoms with van der Waals surface area (Å²) >= 11 is 2.01. The molecule has 2 heterocycles. The first-order chi connectivity index (χ1) is 10.1. The summed E-state index contributed by atoms with van der Waals surface area (Å²) in [5, 5.41) is 0. The molecular weight excluding hydrogens is 288 g/mol. The molecule has 2 N–H and O–H groups in total. The Balaban J connectivity index is 1.72. The Hall–Kier alpha value is -1.69. The van der Waals surface area contributed by atoms with Gasteiger partial charge < -0.3 is 10.5 Å². The number of benzene rings is 1. The van der Waals surface area contributed by atoms with Crippen LogP contribution in [0.5, 0.6) is 0 Å². The van der Waals surface area contributed by atoms with Crippen molar-refractivity contribution in [3.63, 3.8) is 0 Å². The number of rotatable bonds is 3. The van der Waals surface area contributed by atoms with Gasteiger partial charge in [-0.1, -0.05) is 12.1 Å². The van der Waals surface area contributed by atoms with Gasteiger partial charge in [0.25, 0.3) is 5.91 Å². The summed E-state index contributed by atoms with van der Waals surface area (Å²) in [5.41, 5.74) is 7.24. The molecule has 2 saturated heterocycles. The smallest absolute Gasteiger partial charge is 0.415 e. The molecule has 0 radical (unpaired) electrons. The number of anilines is 1. The van der Waals surface area contributed by atoms with Crippen LogP contribution in [0.3, 0.4) is 0 Å². The van der Waals surface area contributed by atoms with Crippen molar-refractivity contribution in [2.24, 2.45) is 5.73 Å². The van der Waals surface area contributed by atoms with Crippen LogP contribution in [0, 0.1) is 0 Å². The van der Waals surface area contributed by atoms with Gasteiger partial charge in [-0.25, -0.2) is 4.79 Å². The van der Waals surface area contributed by atoms with Gasteiger partial charge in [-0.15, -0.1) is 0 Å². The molecule has 5 nitrogen and oxygen atoms in total. The van der Waals surface area contributed by atoms with E-state index >= 15 is 0 Å². The summed E-state index contributed by atoms with van der Waals surface area (Å²) in [6.45, 7) is 0.188. The zero-order valence-electron chi connectivity index (χ0n) is 11.7. The van der Waals surface area contributed by atoms with Crippen molar-refractivity contribution in [3.8, 4) is 0 Å². The molecule has 21 heavy (non-hydrogen) atoms. The number of nitrogens with zero attached hydrogens (tertiary/aromatic N) is 1. The summed E-state index contributed by atoms with van der Waals surface area (Å²) < 4.78 is 4.95. The van der Waals surface area contributed by atoms with Crippen molar-refractivity contribution in [2.45, 2.75) is 24.9 Å². The van der Waals surface area contributed by atoms with Crippen LogP contribution < -0.4 is 10.6 Å². The molecule has 0 aliphatic carbocycles. The lowest BCUT2D eigenvalue weighted by atomic mass is 9.93. The first-order valence-corrected chi connectivity index (χ1v) is 8.26. The largest absolute Gasteiger partial charge is 0.434 e. The molecule has 2 fully saturated rings. The minimum absolute atomic E-state index is 0.188. The maximum absolute atomic E-state index is 11.8. The first kappa shape index (κ1) is 14.3. The van der Waals surface area contributed by atoms with E-state index in [4.69, 9.17) is 10.5 Å². The van der Waals surface area contributed by atoms with E-state index in [9.17, 15) is 9.59 Å². The van der Waals surface area contributed by atoms with Gasteiger partial charge in [0.05, 0.1) is 6.54 Å². The molecule has 0 unspecified atom stereocenters. The van der Waals surface area contributed by atoms with Crippen LogP contribution in [-0.2, 0) is 9.53 Å². The van der Waals surface area contributed by atoms with E-state index in [-0.39, 0.29) is 6.54 Å². The first-order valence-electron chi connectivity index (χ1n) is 7.10. The fourth-order valence-corrected chi connectivity index (χ4v) is 3.89. The minimum Gasteiger partial charge on any atom is -0.434 e. The van der Waals surface area contributed by atoms with Crippen molar-refractivity contribution in [1.82, 2.24) is 0 Å². The Morgan fingerprint density at radius 1 is 1.24 bits per heavy atom. The Labute approximate surface area is 127 Å². The topological polar surface area (TPSA) is 72.6 Å². The number of carbonyl (C=O) groups excluding carboxylic acids is 2. The lowest BCUT2D eigenvalue weighted by Crippen LogP contribution is -2.32. The van der Waals surface area contributed by atoms with E-state index in [2.05, 4.69) is 12.1 Å². The average molecular weight is 306 g/mol. The highest BCUT2D eigenvalue weighted by atomic mass is 32.2. The zero-order chi connectivity index (χ0) is 14.8. The van der Waals surface area contributed by atoms with E-state index in [0.29, 0.717) is 5.92 Å². The molecule has 6 heteroatoms. The molecule has 0 aromatic heterocycles. The fraction of sp³-hybridized carbons (Fsp3) is 0.467. The van der Waals surface area contributed by atoms with E-state index < -0.39 is 18.1 Å². The molecule has 0 bridgehead atoms. The number of hydrogen-bond donors (Lipinski definition) is 1. The lowest BCUT2D eigenvalue weighted by molar-refractivity contribution is -0.124. The van der Waals surface area contributed by atoms with Gasteiger partial charge in [-0.3, -0.25) is 9.69 Å². The Morgan fingerprint density at radius 2 is 1.90 bits per heavy atom. The van der Waals surface area contributed by atoms with Crippen LogP contribution in [0.1, 0.15) is 24.3 Å². The summed E-state index contributed by atoms with van der Waals surface area (Å²) in [6, 6.07) is 7.98. The molecular formula is C15H18N2O3S. The van der Waals surface area contributed by atoms with Crippen LogP contribution in [0.15, 0.2) is 24.3 Å². The monoisotopic (exact) mass is 306 g/mol. The van der Waals surface area contributed by atoms with Gasteiger partial charge in [0.2, 0.25) is 0 Å². The average Bonchev–Trinajstić information content (AvgIpc) is 2.91. The van der Waals surface area contributed by atoms with Gasteiger partial charge in [0, 0.05) is 5.69 Å². The fourth-order valence-electron chi connectivity index (χ4n) is 2.78. The maximum atomic E-state index is 11.8. The summed E-state index contributed by atoms with van der Waals surface area (Å²) in [5.74, 6) is 2.43. The van der Waals surface area contributed by atoms with Gasteiger partial charge >= 0.3 is 6.09 Å². The van der Waals surface area contributed by atoms with Crippen molar-refractivity contribution in [1.29, 1.82) is 0 Å². The molecule has 0 spiro atoms. The molecule has 1 aromatic rings. The number of carbonyl (C=O) groups is 2. The summed E-state index contributed by atoms with van der Waals surface area (Å²) in [6.07, 6.45) is 1.05. The van der Waals surface area contributed by atoms with Crippen LogP contribution >= 0.6 is 11.8 Å². The summed E-state index contributed by atoms with van der Waals surface area (Å²) in [4.78, 5) is 24.3. The molecule has 2 aliphatic rings. The standard InChI is InChI=1S/C15H18N2O3S/c16-14(18)13-9-17(15(19)20-13)12-3-1-10(2-4-12)11-5-7-21-8-6-11/h1-4,11,13H,5-9H2,(H2,16,18)/t13-/m1/s1. The molecule has 3 rings (SSSR count). The van der Waals surface area contributed by atoms with E-state index in [1.54, 1.807) is 0 Å². The number of ether oxygens (including phenoxy) is 1. The van der Waals surface area contributed by atoms with Crippen molar-refractivity contribution < 1.29 is 14.3 Å². The van der Waals surface area contributed by atoms with Gasteiger partial charge in [-0.2, -0.15) is 11.8 Å². The highest BCUT2D eigenvalue weighted by Crippen LogP contribution is 2.32. The highest BCUT2D eigenvalue weighted by molar-refractivity contribution is 7.99. The second kappa shape index (κ2) is 5.97. The molecule has 2 aliphatic heterocycles. The number of hydrogen-bond acceptors (Lipinski definition) is 4. The third-order valence-corrected chi connectivity index (χ3v) is 5.08. The van der Waals surface area contributed by atoms with Crippen LogP contribution in [0.4, 0.5) is 10.5 Å². The maximum Gasteiger partial charge on any atom is 0.415 e. The SMILES string of the molecule is NC(=O)[C@H]1CN(c2ccc(C3CCSCC3)cc2)C(=O)O1. The molecule has 0 saturated carbocycles. The normalized spacial score (nSPS) is 23.1. The van der Waals surface area contributed by atoms with Gasteiger partial charge in [-0.05, 0) is 48.0 Å². The van der Waals surface area contributed by atoms with Crippen molar-refractivity contribution in [3.05, 3.63) is 29.8 Å². The van der Waals surface area contributed by atoms with Crippen molar-refractivity contribution >= 4 is 29.4 Å². The Bertz CT molecular complexity index is 540. The highest BCUT2D eigenvalue weighted by Gasteiger charge is 2.35. The quantitative estimate of drug-likeness (QED) is 0.928. The molecule has 1 aromatic carbocycles. The number of cyclic esters (lactones) is 1. The summed E-state index contributed by atoms with van der Waals surface area (Å²) in [7, 11) is 0. The number of thioether (sulfide) groups is 1.